The summed E-state index contributed by atoms with van der Waals surface area (Å²) in [7, 11) is 0. The van der Waals surface area contributed by atoms with Gasteiger partial charge in [-0.3, -0.25) is 4.79 Å². The van der Waals surface area contributed by atoms with Gasteiger partial charge < -0.3 is 10.6 Å². The molecule has 14 heavy (non-hydrogen) atoms. The minimum Gasteiger partial charge on any atom is -0.339 e. The zero-order valence-corrected chi connectivity index (χ0v) is 9.51. The number of thiol groups is 1. The normalized spacial score (nSPS) is 15.4. The van der Waals surface area contributed by atoms with E-state index >= 15 is 0 Å². The van der Waals surface area contributed by atoms with Crippen LogP contribution in [0.4, 0.5) is 0 Å². The van der Waals surface area contributed by atoms with Gasteiger partial charge in [-0.15, -0.1) is 0 Å². The second kappa shape index (κ2) is 9.09. The summed E-state index contributed by atoms with van der Waals surface area (Å²) < 4.78 is 0. The van der Waals surface area contributed by atoms with Crippen molar-refractivity contribution in [2.24, 2.45) is 5.73 Å². The predicted octanol–water partition coefficient (Wildman–Crippen LogP) is 1.06. The number of carbonyl (C=O) groups is 1. The highest BCUT2D eigenvalue weighted by Crippen LogP contribution is 2.08. The van der Waals surface area contributed by atoms with Gasteiger partial charge in [-0.05, 0) is 25.3 Å². The van der Waals surface area contributed by atoms with E-state index in [9.17, 15) is 4.79 Å². The Hall–Kier alpha value is -0.480. The third-order valence-corrected chi connectivity index (χ3v) is 2.23. The van der Waals surface area contributed by atoms with Crippen LogP contribution in [-0.2, 0) is 4.79 Å². The fourth-order valence-corrected chi connectivity index (χ4v) is 1.24. The van der Waals surface area contributed by atoms with Gasteiger partial charge in [-0.2, -0.15) is 12.6 Å². The fraction of sp³-hybridized carbons (Fsp3) is 0.700. The van der Waals surface area contributed by atoms with Crippen molar-refractivity contribution in [3.8, 4) is 0 Å². The molecule has 1 rings (SSSR count). The van der Waals surface area contributed by atoms with Gasteiger partial charge in [0.1, 0.15) is 0 Å². The van der Waals surface area contributed by atoms with Crippen LogP contribution in [0.3, 0.4) is 0 Å². The molecule has 0 aromatic rings. The highest BCUT2D eigenvalue weighted by molar-refractivity contribution is 7.80. The highest BCUT2D eigenvalue weighted by atomic mass is 32.1. The molecular weight excluding hydrogens is 196 g/mol. The Kier molecular flexibility index (Phi) is 8.78. The van der Waals surface area contributed by atoms with Crippen LogP contribution < -0.4 is 5.73 Å². The van der Waals surface area contributed by atoms with Crippen molar-refractivity contribution < 1.29 is 4.79 Å². The maximum atomic E-state index is 11.0. The first-order valence-electron chi connectivity index (χ1n) is 4.98. The summed E-state index contributed by atoms with van der Waals surface area (Å²) in [5, 5.41) is 0. The molecule has 0 atom stereocenters. The Morgan fingerprint density at radius 1 is 1.43 bits per heavy atom. The van der Waals surface area contributed by atoms with Crippen LogP contribution in [0, 0.1) is 0 Å². The smallest absolute Gasteiger partial charge is 0.245 e. The zero-order chi connectivity index (χ0) is 10.8. The van der Waals surface area contributed by atoms with Crippen LogP contribution in [0.15, 0.2) is 12.7 Å². The third kappa shape index (κ3) is 6.05. The summed E-state index contributed by atoms with van der Waals surface area (Å²) in [6.07, 6.45) is 4.96. The van der Waals surface area contributed by atoms with Crippen molar-refractivity contribution in [1.29, 1.82) is 0 Å². The molecule has 2 N–H and O–H groups in total. The van der Waals surface area contributed by atoms with Crippen LogP contribution in [0.2, 0.25) is 0 Å². The molecule has 0 spiro atoms. The molecule has 0 aliphatic carbocycles. The number of carbonyl (C=O) groups excluding carboxylic acids is 1. The van der Waals surface area contributed by atoms with E-state index in [0.29, 0.717) is 6.54 Å². The second-order valence-electron chi connectivity index (χ2n) is 3.10. The van der Waals surface area contributed by atoms with E-state index in [1.54, 1.807) is 0 Å². The maximum Gasteiger partial charge on any atom is 0.245 e. The topological polar surface area (TPSA) is 46.3 Å². The molecule has 0 radical (unpaired) electrons. The summed E-state index contributed by atoms with van der Waals surface area (Å²) in [5.41, 5.74) is 4.95. The van der Waals surface area contributed by atoms with Gasteiger partial charge in [-0.1, -0.05) is 6.58 Å². The molecule has 1 saturated heterocycles. The van der Waals surface area contributed by atoms with Gasteiger partial charge in [-0.25, -0.2) is 0 Å². The zero-order valence-electron chi connectivity index (χ0n) is 8.61. The quantitative estimate of drug-likeness (QED) is 0.535. The number of piperidine rings is 1. The van der Waals surface area contributed by atoms with Crippen molar-refractivity contribution in [1.82, 2.24) is 4.90 Å². The SMILES string of the molecule is C=CC(=O)N1CCCCC1.NCCS. The van der Waals surface area contributed by atoms with Crippen molar-refractivity contribution in [3.63, 3.8) is 0 Å². The molecule has 0 bridgehead atoms. The number of nitrogens with two attached hydrogens (primary N) is 1. The molecule has 3 nitrogen and oxygen atoms in total. The van der Waals surface area contributed by atoms with Crippen LogP contribution in [0.25, 0.3) is 0 Å². The van der Waals surface area contributed by atoms with Crippen molar-refractivity contribution in [3.05, 3.63) is 12.7 Å². The van der Waals surface area contributed by atoms with Gasteiger partial charge in [0.15, 0.2) is 0 Å². The lowest BCUT2D eigenvalue weighted by molar-refractivity contribution is -0.126. The first-order chi connectivity index (χ1) is 6.76. The Morgan fingerprint density at radius 3 is 2.29 bits per heavy atom. The molecule has 0 aromatic carbocycles. The summed E-state index contributed by atoms with van der Waals surface area (Å²) in [6, 6.07) is 0. The van der Waals surface area contributed by atoms with Crippen molar-refractivity contribution in [2.75, 3.05) is 25.4 Å². The van der Waals surface area contributed by atoms with Gasteiger partial charge in [0.2, 0.25) is 5.91 Å². The standard InChI is InChI=1S/C8H13NO.C2H7NS/c1-2-8(10)9-6-4-3-5-7-9;3-1-2-4/h2H,1,3-7H2;4H,1-3H2. The van der Waals surface area contributed by atoms with Gasteiger partial charge in [0, 0.05) is 25.4 Å². The molecule has 82 valence electrons. The molecular formula is C10H20N2OS. The van der Waals surface area contributed by atoms with Crippen LogP contribution in [0.5, 0.6) is 0 Å². The van der Waals surface area contributed by atoms with E-state index in [-0.39, 0.29) is 5.91 Å². The Morgan fingerprint density at radius 2 is 1.93 bits per heavy atom. The molecule has 0 unspecified atom stereocenters. The number of likely N-dealkylation sites (tertiary alicyclic amines) is 1. The lowest BCUT2D eigenvalue weighted by Gasteiger charge is -2.25. The summed E-state index contributed by atoms with van der Waals surface area (Å²) in [6.45, 7) is 5.97. The average molecular weight is 216 g/mol. The minimum atomic E-state index is 0.0831. The first kappa shape index (κ1) is 13.5. The monoisotopic (exact) mass is 216 g/mol. The largest absolute Gasteiger partial charge is 0.339 e. The molecule has 1 aliphatic heterocycles. The van der Waals surface area contributed by atoms with Gasteiger partial charge >= 0.3 is 0 Å². The van der Waals surface area contributed by atoms with Crippen LogP contribution in [-0.4, -0.2) is 36.2 Å². The van der Waals surface area contributed by atoms with Crippen molar-refractivity contribution >= 4 is 18.5 Å². The average Bonchev–Trinajstić information content (AvgIpc) is 2.29. The maximum absolute atomic E-state index is 11.0. The summed E-state index contributed by atoms with van der Waals surface area (Å²) >= 11 is 3.80. The summed E-state index contributed by atoms with van der Waals surface area (Å²) in [4.78, 5) is 12.8. The molecule has 1 heterocycles. The molecule has 4 heteroatoms. The number of hydrogen-bond donors (Lipinski definition) is 2. The first-order valence-corrected chi connectivity index (χ1v) is 5.61. The second-order valence-corrected chi connectivity index (χ2v) is 3.55. The number of amides is 1. The van der Waals surface area contributed by atoms with E-state index < -0.39 is 0 Å². The Bertz CT molecular complexity index is 166. The Labute approximate surface area is 91.8 Å². The van der Waals surface area contributed by atoms with Crippen LogP contribution in [0.1, 0.15) is 19.3 Å². The minimum absolute atomic E-state index is 0.0831. The lowest BCUT2D eigenvalue weighted by Crippen LogP contribution is -2.34. The Balaban J connectivity index is 0.000000364. The number of nitrogens with zero attached hydrogens (tertiary/aromatic N) is 1. The van der Waals surface area contributed by atoms with E-state index in [0.717, 1.165) is 31.7 Å². The van der Waals surface area contributed by atoms with E-state index in [1.807, 2.05) is 4.90 Å². The van der Waals surface area contributed by atoms with E-state index in [2.05, 4.69) is 19.2 Å². The van der Waals surface area contributed by atoms with E-state index in [4.69, 9.17) is 5.73 Å². The molecule has 0 aromatic heterocycles. The molecule has 1 amide bonds. The van der Waals surface area contributed by atoms with E-state index in [1.165, 1.54) is 12.5 Å². The molecule has 1 fully saturated rings. The number of hydrogen-bond acceptors (Lipinski definition) is 3. The molecule has 1 aliphatic rings. The van der Waals surface area contributed by atoms with Crippen LogP contribution >= 0.6 is 12.6 Å². The number of rotatable bonds is 2. The predicted molar refractivity (Wildman–Crippen MR) is 63.5 cm³/mol. The third-order valence-electron chi connectivity index (χ3n) is 1.97. The molecule has 0 saturated carbocycles. The van der Waals surface area contributed by atoms with Crippen molar-refractivity contribution in [2.45, 2.75) is 19.3 Å². The highest BCUT2D eigenvalue weighted by Gasteiger charge is 2.12. The van der Waals surface area contributed by atoms with Gasteiger partial charge in [0.25, 0.3) is 0 Å². The van der Waals surface area contributed by atoms with Gasteiger partial charge in [0.05, 0.1) is 0 Å². The summed E-state index contributed by atoms with van der Waals surface area (Å²) in [5.74, 6) is 0.875. The lowest BCUT2D eigenvalue weighted by atomic mass is 10.1. The fourth-order valence-electron chi connectivity index (χ4n) is 1.24.